The third kappa shape index (κ3) is 2.75. The summed E-state index contributed by atoms with van der Waals surface area (Å²) in [6.07, 6.45) is 0.807. The summed E-state index contributed by atoms with van der Waals surface area (Å²) >= 11 is 0. The third-order valence-corrected chi connectivity index (χ3v) is 3.45. The molecule has 0 saturated carbocycles. The van der Waals surface area contributed by atoms with Crippen molar-refractivity contribution in [2.24, 2.45) is 0 Å². The number of rotatable bonds is 2. The lowest BCUT2D eigenvalue weighted by Gasteiger charge is -2.10. The molecule has 1 heterocycles. The van der Waals surface area contributed by atoms with Gasteiger partial charge in [-0.25, -0.2) is 4.39 Å². The summed E-state index contributed by atoms with van der Waals surface area (Å²) in [7, 11) is 0. The molecule has 108 valence electrons. The van der Waals surface area contributed by atoms with Crippen molar-refractivity contribution in [3.63, 3.8) is 0 Å². The van der Waals surface area contributed by atoms with Crippen molar-refractivity contribution in [2.45, 2.75) is 13.3 Å². The average molecular weight is 286 g/mol. The lowest BCUT2D eigenvalue weighted by atomic mass is 9.98. The number of fused-ring (bicyclic) bond motifs is 1. The number of carbonyl (C=O) groups excluding carboxylic acids is 1. The summed E-state index contributed by atoms with van der Waals surface area (Å²) in [5.74, 6) is 0.563. The van der Waals surface area contributed by atoms with Gasteiger partial charge in [0, 0.05) is 17.5 Å². The summed E-state index contributed by atoms with van der Waals surface area (Å²) in [4.78, 5) is 12.5. The van der Waals surface area contributed by atoms with Gasteiger partial charge in [-0.2, -0.15) is 0 Å². The van der Waals surface area contributed by atoms with E-state index in [9.17, 15) is 9.18 Å². The second-order valence-electron chi connectivity index (χ2n) is 5.00. The zero-order valence-electron chi connectivity index (χ0n) is 11.7. The highest BCUT2D eigenvalue weighted by molar-refractivity contribution is 6.10. The largest absolute Gasteiger partial charge is 0.490 e. The Morgan fingerprint density at radius 1 is 1.05 bits per heavy atom. The zero-order chi connectivity index (χ0) is 14.8. The lowest BCUT2D eigenvalue weighted by molar-refractivity contribution is 0.103. The Bertz CT molecular complexity index is 694. The van der Waals surface area contributed by atoms with Gasteiger partial charge in [0.1, 0.15) is 5.82 Å². The molecule has 3 nitrogen and oxygen atoms in total. The van der Waals surface area contributed by atoms with Crippen LogP contribution in [-0.2, 0) is 0 Å². The molecular formula is C17H15FO3. The summed E-state index contributed by atoms with van der Waals surface area (Å²) in [5.41, 5.74) is 1.57. The molecule has 0 fully saturated rings. The minimum atomic E-state index is -0.418. The van der Waals surface area contributed by atoms with Gasteiger partial charge in [0.2, 0.25) is 0 Å². The zero-order valence-corrected chi connectivity index (χ0v) is 11.7. The summed E-state index contributed by atoms with van der Waals surface area (Å²) in [5, 5.41) is 0. The predicted octanol–water partition coefficient (Wildman–Crippen LogP) is 3.53. The number of ketones is 1. The minimum Gasteiger partial charge on any atom is -0.490 e. The van der Waals surface area contributed by atoms with Crippen LogP contribution in [0.3, 0.4) is 0 Å². The Kier molecular flexibility index (Phi) is 3.60. The molecule has 0 atom stereocenters. The molecule has 1 aliphatic heterocycles. The van der Waals surface area contributed by atoms with Crippen molar-refractivity contribution in [3.8, 4) is 11.5 Å². The molecule has 0 unspecified atom stereocenters. The van der Waals surface area contributed by atoms with Gasteiger partial charge in [0.15, 0.2) is 17.3 Å². The molecule has 0 radical (unpaired) electrons. The molecule has 0 saturated heterocycles. The monoisotopic (exact) mass is 286 g/mol. The number of aryl methyl sites for hydroxylation is 1. The van der Waals surface area contributed by atoms with Crippen LogP contribution in [0.4, 0.5) is 4.39 Å². The van der Waals surface area contributed by atoms with Gasteiger partial charge in [-0.15, -0.1) is 0 Å². The van der Waals surface area contributed by atoms with Crippen molar-refractivity contribution >= 4 is 5.78 Å². The summed E-state index contributed by atoms with van der Waals surface area (Å²) in [6.45, 7) is 2.95. The van der Waals surface area contributed by atoms with Crippen LogP contribution in [0.1, 0.15) is 27.9 Å². The van der Waals surface area contributed by atoms with Crippen LogP contribution < -0.4 is 9.47 Å². The molecule has 4 heteroatoms. The van der Waals surface area contributed by atoms with Crippen molar-refractivity contribution in [1.82, 2.24) is 0 Å². The maximum atomic E-state index is 13.4. The first kappa shape index (κ1) is 13.6. The highest BCUT2D eigenvalue weighted by Gasteiger charge is 2.17. The van der Waals surface area contributed by atoms with E-state index in [1.54, 1.807) is 31.2 Å². The van der Waals surface area contributed by atoms with Crippen LogP contribution in [0.2, 0.25) is 0 Å². The summed E-state index contributed by atoms with van der Waals surface area (Å²) < 4.78 is 24.5. The first-order chi connectivity index (χ1) is 10.1. The molecular weight excluding hydrogens is 271 g/mol. The number of benzene rings is 2. The minimum absolute atomic E-state index is 0.220. The molecule has 21 heavy (non-hydrogen) atoms. The smallest absolute Gasteiger partial charge is 0.193 e. The molecule has 0 aromatic heterocycles. The SMILES string of the molecule is Cc1ccc(F)cc1C(=O)c1ccc2c(c1)OCCCO2. The maximum Gasteiger partial charge on any atom is 0.193 e. The van der Waals surface area contributed by atoms with E-state index in [1.807, 2.05) is 0 Å². The Balaban J connectivity index is 1.98. The standard InChI is InChI=1S/C17H15FO3/c1-11-3-5-13(18)10-14(11)17(19)12-4-6-15-16(9-12)21-8-2-7-20-15/h3-6,9-10H,2,7-8H2,1H3. The molecule has 3 rings (SSSR count). The Labute approximate surface area is 122 Å². The first-order valence-corrected chi connectivity index (χ1v) is 6.85. The second-order valence-corrected chi connectivity index (χ2v) is 5.00. The van der Waals surface area contributed by atoms with Crippen molar-refractivity contribution in [3.05, 3.63) is 58.9 Å². The number of hydrogen-bond donors (Lipinski definition) is 0. The van der Waals surface area contributed by atoms with Crippen LogP contribution in [0.25, 0.3) is 0 Å². The van der Waals surface area contributed by atoms with Gasteiger partial charge in [0.25, 0.3) is 0 Å². The van der Waals surface area contributed by atoms with E-state index in [-0.39, 0.29) is 5.78 Å². The molecule has 0 bridgehead atoms. The number of halogens is 1. The lowest BCUT2D eigenvalue weighted by Crippen LogP contribution is -2.05. The Morgan fingerprint density at radius 2 is 1.81 bits per heavy atom. The van der Waals surface area contributed by atoms with Crippen LogP contribution in [0.5, 0.6) is 11.5 Å². The Morgan fingerprint density at radius 3 is 2.62 bits per heavy atom. The molecule has 1 aliphatic rings. The summed E-state index contributed by atoms with van der Waals surface area (Å²) in [6, 6.07) is 9.28. The van der Waals surface area contributed by atoms with Crippen molar-refractivity contribution in [1.29, 1.82) is 0 Å². The fourth-order valence-electron chi connectivity index (χ4n) is 2.30. The molecule has 2 aromatic carbocycles. The van der Waals surface area contributed by atoms with Crippen LogP contribution in [0, 0.1) is 12.7 Å². The maximum absolute atomic E-state index is 13.4. The van der Waals surface area contributed by atoms with E-state index in [1.165, 1.54) is 12.1 Å². The number of carbonyl (C=O) groups is 1. The number of hydrogen-bond acceptors (Lipinski definition) is 3. The van der Waals surface area contributed by atoms with E-state index >= 15 is 0 Å². The highest BCUT2D eigenvalue weighted by Crippen LogP contribution is 2.31. The first-order valence-electron chi connectivity index (χ1n) is 6.85. The van der Waals surface area contributed by atoms with Crippen molar-refractivity contribution < 1.29 is 18.7 Å². The molecule has 0 N–H and O–H groups in total. The van der Waals surface area contributed by atoms with E-state index in [2.05, 4.69) is 0 Å². The Hall–Kier alpha value is -2.36. The molecule has 0 spiro atoms. The van der Waals surface area contributed by atoms with Gasteiger partial charge >= 0.3 is 0 Å². The predicted molar refractivity (Wildman–Crippen MR) is 76.6 cm³/mol. The fourth-order valence-corrected chi connectivity index (χ4v) is 2.30. The quantitative estimate of drug-likeness (QED) is 0.792. The second kappa shape index (κ2) is 5.56. The molecule has 2 aromatic rings. The van der Waals surface area contributed by atoms with Gasteiger partial charge in [-0.3, -0.25) is 4.79 Å². The van der Waals surface area contributed by atoms with Gasteiger partial charge < -0.3 is 9.47 Å². The average Bonchev–Trinajstić information content (AvgIpc) is 2.73. The van der Waals surface area contributed by atoms with E-state index in [4.69, 9.17) is 9.47 Å². The molecule has 0 amide bonds. The van der Waals surface area contributed by atoms with Crippen LogP contribution >= 0.6 is 0 Å². The van der Waals surface area contributed by atoms with Gasteiger partial charge in [-0.1, -0.05) is 6.07 Å². The van der Waals surface area contributed by atoms with E-state index in [0.29, 0.717) is 35.8 Å². The highest BCUT2D eigenvalue weighted by atomic mass is 19.1. The third-order valence-electron chi connectivity index (χ3n) is 3.45. The normalized spacial score (nSPS) is 13.6. The van der Waals surface area contributed by atoms with Crippen molar-refractivity contribution in [2.75, 3.05) is 13.2 Å². The van der Waals surface area contributed by atoms with E-state index in [0.717, 1.165) is 12.0 Å². The van der Waals surface area contributed by atoms with Crippen LogP contribution in [-0.4, -0.2) is 19.0 Å². The molecule has 0 aliphatic carbocycles. The van der Waals surface area contributed by atoms with E-state index < -0.39 is 5.82 Å². The number of ether oxygens (including phenoxy) is 2. The topological polar surface area (TPSA) is 35.5 Å². The van der Waals surface area contributed by atoms with Crippen LogP contribution in [0.15, 0.2) is 36.4 Å². The van der Waals surface area contributed by atoms with Gasteiger partial charge in [0.05, 0.1) is 13.2 Å². The fraction of sp³-hybridized carbons (Fsp3) is 0.235. The van der Waals surface area contributed by atoms with Gasteiger partial charge in [-0.05, 0) is 42.8 Å².